The van der Waals surface area contributed by atoms with Gasteiger partial charge in [0.2, 0.25) is 0 Å². The fraction of sp³-hybridized carbons (Fsp3) is 0.471. The molecule has 4 heteroatoms. The van der Waals surface area contributed by atoms with Crippen LogP contribution < -0.4 is 11.1 Å². The normalized spacial score (nSPS) is 21.3. The highest BCUT2D eigenvalue weighted by atomic mass is 19.1. The fourth-order valence-electron chi connectivity index (χ4n) is 2.79. The van der Waals surface area contributed by atoms with Gasteiger partial charge in [-0.25, -0.2) is 4.39 Å². The van der Waals surface area contributed by atoms with Crippen molar-refractivity contribution < 1.29 is 9.18 Å². The molecule has 1 saturated carbocycles. The van der Waals surface area contributed by atoms with Crippen molar-refractivity contribution >= 4 is 5.91 Å². The number of nitrogens with two attached hydrogens (primary N) is 1. The number of carbonyl (C=O) groups excluding carboxylic acids is 1. The van der Waals surface area contributed by atoms with Gasteiger partial charge in [-0.2, -0.15) is 0 Å². The van der Waals surface area contributed by atoms with Gasteiger partial charge in [-0.15, -0.1) is 0 Å². The molecule has 0 heterocycles. The largest absolute Gasteiger partial charge is 0.349 e. The Balaban J connectivity index is 2.14. The molecule has 0 saturated heterocycles. The second-order valence-corrected chi connectivity index (χ2v) is 5.64. The first-order valence-electron chi connectivity index (χ1n) is 7.39. The second-order valence-electron chi connectivity index (χ2n) is 5.64. The minimum Gasteiger partial charge on any atom is -0.349 e. The molecule has 2 unspecified atom stereocenters. The highest BCUT2D eigenvalue weighted by molar-refractivity contribution is 5.96. The van der Waals surface area contributed by atoms with Crippen molar-refractivity contribution in [2.75, 3.05) is 6.54 Å². The van der Waals surface area contributed by atoms with Gasteiger partial charge >= 0.3 is 0 Å². The summed E-state index contributed by atoms with van der Waals surface area (Å²) in [5, 5.41) is 3.04. The molecule has 0 aromatic heterocycles. The van der Waals surface area contributed by atoms with Gasteiger partial charge in [0.05, 0.1) is 12.1 Å². The molecule has 0 aliphatic heterocycles. The van der Waals surface area contributed by atoms with Gasteiger partial charge in [-0.05, 0) is 37.0 Å². The van der Waals surface area contributed by atoms with E-state index in [9.17, 15) is 9.18 Å². The van der Waals surface area contributed by atoms with Gasteiger partial charge in [0.25, 0.3) is 5.91 Å². The Morgan fingerprint density at radius 1 is 1.48 bits per heavy atom. The van der Waals surface area contributed by atoms with Crippen molar-refractivity contribution in [3.8, 4) is 11.8 Å². The quantitative estimate of drug-likeness (QED) is 0.821. The summed E-state index contributed by atoms with van der Waals surface area (Å²) in [6, 6.07) is 4.24. The van der Waals surface area contributed by atoms with Crippen molar-refractivity contribution in [3.63, 3.8) is 0 Å². The van der Waals surface area contributed by atoms with E-state index in [1.165, 1.54) is 24.6 Å². The van der Waals surface area contributed by atoms with Gasteiger partial charge in [-0.3, -0.25) is 4.79 Å². The lowest BCUT2D eigenvalue weighted by molar-refractivity contribution is 0.0921. The van der Waals surface area contributed by atoms with Crippen LogP contribution >= 0.6 is 0 Å². The van der Waals surface area contributed by atoms with E-state index in [-0.39, 0.29) is 18.5 Å². The summed E-state index contributed by atoms with van der Waals surface area (Å²) in [7, 11) is 0. The molecule has 1 amide bonds. The molecule has 1 aromatic rings. The summed E-state index contributed by atoms with van der Waals surface area (Å²) in [5.41, 5.74) is 6.14. The zero-order valence-corrected chi connectivity index (χ0v) is 12.3. The number of hydrogen-bond donors (Lipinski definition) is 2. The van der Waals surface area contributed by atoms with E-state index < -0.39 is 5.82 Å². The first-order valence-corrected chi connectivity index (χ1v) is 7.39. The molecule has 0 radical (unpaired) electrons. The van der Waals surface area contributed by atoms with E-state index in [1.807, 2.05) is 0 Å². The van der Waals surface area contributed by atoms with E-state index in [1.54, 1.807) is 0 Å². The first kappa shape index (κ1) is 15.5. The third-order valence-electron chi connectivity index (χ3n) is 3.82. The molecule has 0 spiro atoms. The fourth-order valence-corrected chi connectivity index (χ4v) is 2.79. The highest BCUT2D eigenvalue weighted by Gasteiger charge is 2.21. The van der Waals surface area contributed by atoms with Gasteiger partial charge in [0.1, 0.15) is 5.82 Å². The van der Waals surface area contributed by atoms with E-state index >= 15 is 0 Å². The lowest BCUT2D eigenvalue weighted by Crippen LogP contribution is -2.38. The predicted octanol–water partition coefficient (Wildman–Crippen LogP) is 2.44. The van der Waals surface area contributed by atoms with Gasteiger partial charge < -0.3 is 11.1 Å². The van der Waals surface area contributed by atoms with Crippen molar-refractivity contribution in [2.24, 2.45) is 11.7 Å². The molecule has 1 aromatic carbocycles. The van der Waals surface area contributed by atoms with Crippen LogP contribution in [0.15, 0.2) is 18.2 Å². The molecule has 1 aliphatic rings. The molecule has 21 heavy (non-hydrogen) atoms. The van der Waals surface area contributed by atoms with Crippen LogP contribution in [0, 0.1) is 23.6 Å². The third-order valence-corrected chi connectivity index (χ3v) is 3.82. The predicted molar refractivity (Wildman–Crippen MR) is 81.2 cm³/mol. The van der Waals surface area contributed by atoms with Crippen LogP contribution in [0.4, 0.5) is 4.39 Å². The number of hydrogen-bond acceptors (Lipinski definition) is 2. The van der Waals surface area contributed by atoms with Crippen LogP contribution in [0.2, 0.25) is 0 Å². The van der Waals surface area contributed by atoms with E-state index in [0.29, 0.717) is 17.0 Å². The van der Waals surface area contributed by atoms with Crippen LogP contribution in [-0.4, -0.2) is 18.5 Å². The van der Waals surface area contributed by atoms with Crippen LogP contribution in [0.3, 0.4) is 0 Å². The van der Waals surface area contributed by atoms with E-state index in [0.717, 1.165) is 19.3 Å². The molecule has 2 rings (SSSR count). The molecule has 3 N–H and O–H groups in total. The zero-order valence-electron chi connectivity index (χ0n) is 12.3. The van der Waals surface area contributed by atoms with Crippen molar-refractivity contribution in [1.82, 2.24) is 5.32 Å². The molecular formula is C17H21FN2O. The van der Waals surface area contributed by atoms with Gasteiger partial charge in [-0.1, -0.05) is 31.6 Å². The summed E-state index contributed by atoms with van der Waals surface area (Å²) in [4.78, 5) is 12.4. The maximum absolute atomic E-state index is 13.3. The average molecular weight is 288 g/mol. The monoisotopic (exact) mass is 288 g/mol. The lowest BCUT2D eigenvalue weighted by Gasteiger charge is -2.27. The topological polar surface area (TPSA) is 55.1 Å². The minimum absolute atomic E-state index is 0.178. The van der Waals surface area contributed by atoms with Crippen molar-refractivity contribution in [1.29, 1.82) is 0 Å². The molecular weight excluding hydrogens is 267 g/mol. The number of halogens is 1. The second kappa shape index (κ2) is 7.24. The number of rotatable bonds is 2. The van der Waals surface area contributed by atoms with E-state index in [4.69, 9.17) is 5.73 Å². The summed E-state index contributed by atoms with van der Waals surface area (Å²) < 4.78 is 13.3. The molecule has 0 bridgehead atoms. The first-order chi connectivity index (χ1) is 10.1. The zero-order chi connectivity index (χ0) is 15.2. The summed E-state index contributed by atoms with van der Waals surface area (Å²) in [6.07, 6.45) is 4.35. The van der Waals surface area contributed by atoms with E-state index in [2.05, 4.69) is 24.1 Å². The molecule has 3 nitrogen and oxygen atoms in total. The molecule has 1 aliphatic carbocycles. The van der Waals surface area contributed by atoms with Gasteiger partial charge in [0, 0.05) is 11.6 Å². The average Bonchev–Trinajstić information content (AvgIpc) is 2.45. The third kappa shape index (κ3) is 4.30. The number of benzene rings is 1. The smallest absolute Gasteiger partial charge is 0.252 e. The van der Waals surface area contributed by atoms with Gasteiger partial charge in [0.15, 0.2) is 0 Å². The molecule has 1 fully saturated rings. The number of carbonyl (C=O) groups is 1. The Morgan fingerprint density at radius 3 is 3.00 bits per heavy atom. The Hall–Kier alpha value is -1.86. The highest BCUT2D eigenvalue weighted by Crippen LogP contribution is 2.24. The van der Waals surface area contributed by atoms with Crippen LogP contribution in [0.1, 0.15) is 48.5 Å². The summed E-state index contributed by atoms with van der Waals surface area (Å²) in [5.74, 6) is 5.48. The minimum atomic E-state index is -0.404. The summed E-state index contributed by atoms with van der Waals surface area (Å²) in [6.45, 7) is 2.38. The number of amides is 1. The van der Waals surface area contributed by atoms with Crippen LogP contribution in [-0.2, 0) is 0 Å². The Bertz CT molecular complexity index is 574. The standard InChI is InChI=1S/C17H21FN2O/c1-12-4-2-6-15(10-12)20-17(21)16-8-7-14(18)11-13(16)5-3-9-19/h7-8,11-12,15H,2,4,6,9-10,19H2,1H3,(H,20,21). The van der Waals surface area contributed by atoms with Crippen LogP contribution in [0.25, 0.3) is 0 Å². The molecule has 112 valence electrons. The Kier molecular flexibility index (Phi) is 5.35. The maximum atomic E-state index is 13.3. The maximum Gasteiger partial charge on any atom is 0.252 e. The summed E-state index contributed by atoms with van der Waals surface area (Å²) >= 11 is 0. The lowest BCUT2D eigenvalue weighted by atomic mass is 9.87. The SMILES string of the molecule is CC1CCCC(NC(=O)c2ccc(F)cc2C#CCN)C1. The van der Waals surface area contributed by atoms with Crippen molar-refractivity contribution in [2.45, 2.75) is 38.6 Å². The van der Waals surface area contributed by atoms with Crippen molar-refractivity contribution in [3.05, 3.63) is 35.1 Å². The Labute approximate surface area is 125 Å². The van der Waals surface area contributed by atoms with Crippen LogP contribution in [0.5, 0.6) is 0 Å². The number of nitrogens with one attached hydrogen (secondary N) is 1. The Morgan fingerprint density at radius 2 is 2.29 bits per heavy atom. The molecule has 2 atom stereocenters.